The van der Waals surface area contributed by atoms with Crippen molar-refractivity contribution in [2.24, 2.45) is 0 Å². The van der Waals surface area contributed by atoms with Crippen molar-refractivity contribution in [2.45, 2.75) is 26.2 Å². The molecule has 0 aliphatic rings. The van der Waals surface area contributed by atoms with Crippen LogP contribution in [-0.2, 0) is 25.1 Å². The highest BCUT2D eigenvalue weighted by Crippen LogP contribution is 2.21. The van der Waals surface area contributed by atoms with Gasteiger partial charge in [0, 0.05) is 88.7 Å². The standard InChI is InChI=1S/C21H40O5S10/c1-2-12-36(25)13-11-31-19-34-18-30-9-10-35-21(24)4-7-28-17-33-16-27-6-3-20(23)26-5-8-29-15-32-14-22/h22H,2-19H2,1H3. The fourth-order valence-electron chi connectivity index (χ4n) is 2.06. The molecule has 36 heavy (non-hydrogen) atoms. The van der Waals surface area contributed by atoms with Crippen LogP contribution in [0.5, 0.6) is 0 Å². The van der Waals surface area contributed by atoms with Gasteiger partial charge < -0.3 is 9.84 Å². The second-order valence-corrected chi connectivity index (χ2v) is 19.8. The second-order valence-electron chi connectivity index (χ2n) is 6.66. The highest BCUT2D eigenvalue weighted by Gasteiger charge is 2.05. The number of esters is 1. The van der Waals surface area contributed by atoms with Crippen molar-refractivity contribution in [1.29, 1.82) is 0 Å². The summed E-state index contributed by atoms with van der Waals surface area (Å²) >= 11 is 15.6. The first-order chi connectivity index (χ1) is 17.6. The van der Waals surface area contributed by atoms with Gasteiger partial charge in [-0.2, -0.15) is 47.0 Å². The molecule has 0 bridgehead atoms. The molecule has 0 spiro atoms. The van der Waals surface area contributed by atoms with Gasteiger partial charge in [-0.25, -0.2) is 0 Å². The zero-order chi connectivity index (χ0) is 26.5. The molecule has 214 valence electrons. The number of hydrogen-bond donors (Lipinski definition) is 1. The minimum Gasteiger partial charge on any atom is -0.465 e. The first-order valence-corrected chi connectivity index (χ1v) is 23.2. The molecule has 0 radical (unpaired) electrons. The Hall–Kier alpha value is 2.40. The van der Waals surface area contributed by atoms with Crippen LogP contribution >= 0.6 is 106 Å². The van der Waals surface area contributed by atoms with E-state index >= 15 is 0 Å². The highest BCUT2D eigenvalue weighted by atomic mass is 32.2. The van der Waals surface area contributed by atoms with Gasteiger partial charge in [-0.1, -0.05) is 18.7 Å². The van der Waals surface area contributed by atoms with E-state index in [1.807, 2.05) is 47.0 Å². The molecule has 0 saturated heterocycles. The van der Waals surface area contributed by atoms with Crippen molar-refractivity contribution < 1.29 is 23.6 Å². The number of carbonyl (C=O) groups is 2. The molecule has 0 aliphatic carbocycles. The number of carbonyl (C=O) groups excluding carboxylic acids is 2. The van der Waals surface area contributed by atoms with Crippen molar-refractivity contribution in [2.75, 3.05) is 84.0 Å². The van der Waals surface area contributed by atoms with Gasteiger partial charge in [0.25, 0.3) is 0 Å². The molecular weight excluding hydrogens is 653 g/mol. The highest BCUT2D eigenvalue weighted by molar-refractivity contribution is 8.23. The van der Waals surface area contributed by atoms with Crippen molar-refractivity contribution in [1.82, 2.24) is 0 Å². The van der Waals surface area contributed by atoms with Crippen LogP contribution < -0.4 is 0 Å². The molecule has 0 aliphatic heterocycles. The van der Waals surface area contributed by atoms with Gasteiger partial charge >= 0.3 is 5.97 Å². The van der Waals surface area contributed by atoms with Crippen LogP contribution in [0.4, 0.5) is 0 Å². The topological polar surface area (TPSA) is 80.7 Å². The fourth-order valence-corrected chi connectivity index (χ4v) is 13.0. The molecule has 0 heterocycles. The second kappa shape index (κ2) is 31.9. The van der Waals surface area contributed by atoms with Gasteiger partial charge in [0.1, 0.15) is 6.61 Å². The predicted molar refractivity (Wildman–Crippen MR) is 182 cm³/mol. The molecule has 0 aromatic heterocycles. The monoisotopic (exact) mass is 692 g/mol. The Labute approximate surface area is 259 Å². The molecule has 5 nitrogen and oxygen atoms in total. The molecule has 0 saturated carbocycles. The molecule has 0 aromatic rings. The normalized spacial score (nSPS) is 12.1. The van der Waals surface area contributed by atoms with Gasteiger partial charge in [0.2, 0.25) is 0 Å². The Morgan fingerprint density at radius 2 is 1.28 bits per heavy atom. The predicted octanol–water partition coefficient (Wildman–Crippen LogP) is 6.33. The summed E-state index contributed by atoms with van der Waals surface area (Å²) in [7, 11) is -0.639. The van der Waals surface area contributed by atoms with E-state index in [0.29, 0.717) is 19.4 Å². The Balaban J connectivity index is 3.27. The van der Waals surface area contributed by atoms with Crippen molar-refractivity contribution in [3.05, 3.63) is 0 Å². The van der Waals surface area contributed by atoms with E-state index in [4.69, 9.17) is 9.84 Å². The zero-order valence-electron chi connectivity index (χ0n) is 20.9. The maximum atomic E-state index is 12.0. The third kappa shape index (κ3) is 30.9. The van der Waals surface area contributed by atoms with Crippen molar-refractivity contribution in [3.8, 4) is 0 Å². The molecule has 0 fully saturated rings. The summed E-state index contributed by atoms with van der Waals surface area (Å²) < 4.78 is 16.7. The number of hydrogen-bond acceptors (Lipinski definition) is 14. The van der Waals surface area contributed by atoms with Gasteiger partial charge in [-0.3, -0.25) is 13.8 Å². The van der Waals surface area contributed by atoms with E-state index in [0.717, 1.165) is 77.9 Å². The van der Waals surface area contributed by atoms with Crippen LogP contribution in [0.2, 0.25) is 0 Å². The van der Waals surface area contributed by atoms with Crippen LogP contribution in [0.1, 0.15) is 26.2 Å². The smallest absolute Gasteiger partial charge is 0.306 e. The zero-order valence-corrected chi connectivity index (χ0v) is 29.1. The summed E-state index contributed by atoms with van der Waals surface area (Å²) in [5.41, 5.74) is 0. The van der Waals surface area contributed by atoms with Crippen molar-refractivity contribution >= 4 is 128 Å². The van der Waals surface area contributed by atoms with E-state index < -0.39 is 10.8 Å². The maximum Gasteiger partial charge on any atom is 0.306 e. The van der Waals surface area contributed by atoms with Gasteiger partial charge in [0.15, 0.2) is 5.12 Å². The Bertz CT molecular complexity index is 545. The lowest BCUT2D eigenvalue weighted by Crippen LogP contribution is -2.08. The summed E-state index contributed by atoms with van der Waals surface area (Å²) in [4.78, 5) is 23.6. The summed E-state index contributed by atoms with van der Waals surface area (Å²) in [6, 6.07) is 0. The number of aliphatic hydroxyl groups excluding tert-OH is 1. The third-order valence-electron chi connectivity index (χ3n) is 3.69. The molecule has 1 unspecified atom stereocenters. The van der Waals surface area contributed by atoms with Crippen LogP contribution in [0, 0.1) is 0 Å². The van der Waals surface area contributed by atoms with Crippen LogP contribution in [-0.4, -0.2) is 104 Å². The quantitative estimate of drug-likeness (QED) is 0.0564. The summed E-state index contributed by atoms with van der Waals surface area (Å²) in [5.74, 6) is 6.90. The SMILES string of the molecule is CCCS(=O)CCSCSCSCCSC(=O)CCSCSCSCCC(=O)OCCSCSCO. The molecule has 0 aromatic carbocycles. The summed E-state index contributed by atoms with van der Waals surface area (Å²) in [6.45, 7) is 2.51. The van der Waals surface area contributed by atoms with Gasteiger partial charge in [0.05, 0.1) is 12.4 Å². The van der Waals surface area contributed by atoms with Crippen LogP contribution in [0.3, 0.4) is 0 Å². The first kappa shape index (κ1) is 38.4. The average molecular weight is 693 g/mol. The lowest BCUT2D eigenvalue weighted by atomic mass is 10.5. The number of aliphatic hydroxyl groups is 1. The van der Waals surface area contributed by atoms with E-state index in [-0.39, 0.29) is 17.0 Å². The summed E-state index contributed by atoms with van der Waals surface area (Å²) in [6.07, 6.45) is 2.07. The maximum absolute atomic E-state index is 12.0. The lowest BCUT2D eigenvalue weighted by Gasteiger charge is -2.05. The molecule has 1 atom stereocenters. The molecule has 0 amide bonds. The molecule has 1 N–H and O–H groups in total. The molecule has 15 heteroatoms. The largest absolute Gasteiger partial charge is 0.465 e. The van der Waals surface area contributed by atoms with Gasteiger partial charge in [-0.05, 0) is 6.42 Å². The van der Waals surface area contributed by atoms with E-state index in [1.54, 1.807) is 35.3 Å². The van der Waals surface area contributed by atoms with Gasteiger partial charge in [-0.15, -0.1) is 47.0 Å². The number of ether oxygens (including phenoxy) is 1. The third-order valence-corrected chi connectivity index (χ3v) is 15.9. The Morgan fingerprint density at radius 1 is 0.694 bits per heavy atom. The number of rotatable bonds is 28. The Kier molecular flexibility index (Phi) is 34.0. The molecular formula is C21H40O5S10. The Morgan fingerprint density at radius 3 is 1.94 bits per heavy atom. The first-order valence-electron chi connectivity index (χ1n) is 11.5. The minimum atomic E-state index is -0.639. The van der Waals surface area contributed by atoms with Crippen LogP contribution in [0.25, 0.3) is 0 Å². The fraction of sp³-hybridized carbons (Fsp3) is 0.905. The number of thioether (sulfide) groups is 9. The summed E-state index contributed by atoms with van der Waals surface area (Å²) in [5, 5.41) is 13.8. The van der Waals surface area contributed by atoms with E-state index in [1.165, 1.54) is 23.5 Å². The lowest BCUT2D eigenvalue weighted by molar-refractivity contribution is -0.142. The van der Waals surface area contributed by atoms with E-state index in [2.05, 4.69) is 6.92 Å². The van der Waals surface area contributed by atoms with E-state index in [9.17, 15) is 13.8 Å². The molecule has 0 rings (SSSR count). The van der Waals surface area contributed by atoms with Crippen LogP contribution in [0.15, 0.2) is 0 Å². The minimum absolute atomic E-state index is 0.129. The average Bonchev–Trinajstić information content (AvgIpc) is 2.86. The van der Waals surface area contributed by atoms with Crippen molar-refractivity contribution in [3.63, 3.8) is 0 Å².